The average molecular weight is 421 g/mol. The molecular formula is C25H32N4O2. The number of nitrogens with zero attached hydrogens (tertiary/aromatic N) is 3. The van der Waals surface area contributed by atoms with Gasteiger partial charge in [-0.2, -0.15) is 5.26 Å². The van der Waals surface area contributed by atoms with Crippen molar-refractivity contribution in [3.8, 4) is 6.07 Å². The van der Waals surface area contributed by atoms with Gasteiger partial charge in [-0.05, 0) is 70.9 Å². The lowest BCUT2D eigenvalue weighted by molar-refractivity contribution is 0.210. The molecule has 1 aromatic carbocycles. The van der Waals surface area contributed by atoms with Crippen LogP contribution >= 0.6 is 0 Å². The van der Waals surface area contributed by atoms with Crippen molar-refractivity contribution in [3.05, 3.63) is 71.3 Å². The molecule has 0 saturated carbocycles. The first-order valence-corrected chi connectivity index (χ1v) is 10.9. The van der Waals surface area contributed by atoms with E-state index in [2.05, 4.69) is 28.0 Å². The minimum Gasteiger partial charge on any atom is -0.488 e. The van der Waals surface area contributed by atoms with E-state index in [1.807, 2.05) is 38.4 Å². The topological polar surface area (TPSA) is 74.3 Å². The molecule has 1 aliphatic heterocycles. The number of nitriles is 1. The van der Waals surface area contributed by atoms with Crippen LogP contribution in [-0.4, -0.2) is 43.8 Å². The molecule has 2 heterocycles. The zero-order valence-corrected chi connectivity index (χ0v) is 18.6. The fourth-order valence-corrected chi connectivity index (χ4v) is 3.87. The molecule has 0 spiro atoms. The lowest BCUT2D eigenvalue weighted by Gasteiger charge is -2.21. The number of nitrogens with one attached hydrogen (secondary N) is 1. The standard InChI is InChI=1S/C25H32N4O2/c1-4-24(30-18-21-8-6-5-7-20(21)16-26)23(17-29(2)3)25-15-22(28-31-25)10-9-19-11-13-27-14-12-19/h4-8,15,19,27H,1,9-14,17-18H2,2-3H3/b24-23+. The summed E-state index contributed by atoms with van der Waals surface area (Å²) in [5, 5.41) is 17.1. The highest BCUT2D eigenvalue weighted by Crippen LogP contribution is 2.25. The summed E-state index contributed by atoms with van der Waals surface area (Å²) in [5.74, 6) is 2.10. The van der Waals surface area contributed by atoms with Crippen LogP contribution in [0.4, 0.5) is 0 Å². The summed E-state index contributed by atoms with van der Waals surface area (Å²) < 4.78 is 11.8. The van der Waals surface area contributed by atoms with Gasteiger partial charge >= 0.3 is 0 Å². The maximum absolute atomic E-state index is 9.32. The fourth-order valence-electron chi connectivity index (χ4n) is 3.87. The van der Waals surface area contributed by atoms with Crippen molar-refractivity contribution in [3.63, 3.8) is 0 Å². The van der Waals surface area contributed by atoms with Gasteiger partial charge in [0.25, 0.3) is 0 Å². The number of rotatable bonds is 10. The lowest BCUT2D eigenvalue weighted by atomic mass is 9.92. The molecule has 164 valence electrons. The van der Waals surface area contributed by atoms with Gasteiger partial charge in [-0.15, -0.1) is 0 Å². The van der Waals surface area contributed by atoms with Crippen LogP contribution in [0.3, 0.4) is 0 Å². The molecule has 0 amide bonds. The molecule has 0 radical (unpaired) electrons. The molecule has 1 fully saturated rings. The number of allylic oxidation sites excluding steroid dienone is 1. The minimum absolute atomic E-state index is 0.290. The van der Waals surface area contributed by atoms with E-state index < -0.39 is 0 Å². The monoisotopic (exact) mass is 420 g/mol. The summed E-state index contributed by atoms with van der Waals surface area (Å²) in [6, 6.07) is 11.7. The maximum atomic E-state index is 9.32. The molecule has 6 nitrogen and oxygen atoms in total. The van der Waals surface area contributed by atoms with E-state index in [1.54, 1.807) is 12.1 Å². The number of aromatic nitrogens is 1. The van der Waals surface area contributed by atoms with Gasteiger partial charge in [0.05, 0.1) is 22.9 Å². The number of benzene rings is 1. The smallest absolute Gasteiger partial charge is 0.168 e. The zero-order valence-electron chi connectivity index (χ0n) is 18.6. The second-order valence-corrected chi connectivity index (χ2v) is 8.26. The highest BCUT2D eigenvalue weighted by atomic mass is 16.5. The van der Waals surface area contributed by atoms with Gasteiger partial charge in [-0.25, -0.2) is 0 Å². The van der Waals surface area contributed by atoms with E-state index in [-0.39, 0.29) is 0 Å². The number of hydrogen-bond donors (Lipinski definition) is 1. The van der Waals surface area contributed by atoms with Crippen LogP contribution in [0, 0.1) is 17.2 Å². The molecule has 0 aliphatic carbocycles. The highest BCUT2D eigenvalue weighted by Gasteiger charge is 2.18. The Morgan fingerprint density at radius 1 is 1.35 bits per heavy atom. The largest absolute Gasteiger partial charge is 0.488 e. The van der Waals surface area contributed by atoms with Gasteiger partial charge in [0.1, 0.15) is 12.4 Å². The first kappa shape index (κ1) is 22.8. The molecular weight excluding hydrogens is 388 g/mol. The molecule has 31 heavy (non-hydrogen) atoms. The van der Waals surface area contributed by atoms with Crippen LogP contribution in [0.2, 0.25) is 0 Å². The first-order chi connectivity index (χ1) is 15.1. The van der Waals surface area contributed by atoms with E-state index in [0.29, 0.717) is 30.2 Å². The molecule has 0 bridgehead atoms. The van der Waals surface area contributed by atoms with Gasteiger partial charge < -0.3 is 19.5 Å². The number of hydrogen-bond acceptors (Lipinski definition) is 6. The van der Waals surface area contributed by atoms with Crippen LogP contribution in [-0.2, 0) is 17.8 Å². The quantitative estimate of drug-likeness (QED) is 0.460. The second-order valence-electron chi connectivity index (χ2n) is 8.26. The summed E-state index contributed by atoms with van der Waals surface area (Å²) in [6.07, 6.45) is 6.22. The van der Waals surface area contributed by atoms with Crippen LogP contribution < -0.4 is 5.32 Å². The van der Waals surface area contributed by atoms with E-state index in [9.17, 15) is 5.26 Å². The Balaban J connectivity index is 1.75. The van der Waals surface area contributed by atoms with Crippen LogP contribution in [0.25, 0.3) is 5.57 Å². The molecule has 0 unspecified atom stereocenters. The summed E-state index contributed by atoms with van der Waals surface area (Å²) in [7, 11) is 4.00. The third-order valence-corrected chi connectivity index (χ3v) is 5.60. The number of likely N-dealkylation sites (N-methyl/N-ethyl adjacent to an activating group) is 1. The van der Waals surface area contributed by atoms with E-state index in [1.165, 1.54) is 12.8 Å². The third-order valence-electron chi connectivity index (χ3n) is 5.60. The molecule has 1 aromatic heterocycles. The molecule has 3 rings (SSSR count). The molecule has 2 aromatic rings. The Morgan fingerprint density at radius 3 is 2.84 bits per heavy atom. The SMILES string of the molecule is C=C/C(OCc1ccccc1C#N)=C(/CN(C)C)c1cc(CCC2CCNCC2)no1. The first-order valence-electron chi connectivity index (χ1n) is 10.9. The van der Waals surface area contributed by atoms with Crippen LogP contribution in [0.15, 0.2) is 53.3 Å². The van der Waals surface area contributed by atoms with Crippen molar-refractivity contribution in [2.75, 3.05) is 33.7 Å². The minimum atomic E-state index is 0.290. The molecule has 1 saturated heterocycles. The van der Waals surface area contributed by atoms with Crippen molar-refractivity contribution >= 4 is 5.57 Å². The Morgan fingerprint density at radius 2 is 2.13 bits per heavy atom. The van der Waals surface area contributed by atoms with Crippen LogP contribution in [0.1, 0.15) is 41.8 Å². The fraction of sp³-hybridized carbons (Fsp3) is 0.440. The number of ether oxygens (including phenoxy) is 1. The molecule has 0 atom stereocenters. The van der Waals surface area contributed by atoms with Crippen molar-refractivity contribution in [2.24, 2.45) is 5.92 Å². The van der Waals surface area contributed by atoms with Crippen molar-refractivity contribution in [2.45, 2.75) is 32.3 Å². The summed E-state index contributed by atoms with van der Waals surface area (Å²) >= 11 is 0. The van der Waals surface area contributed by atoms with E-state index >= 15 is 0 Å². The Kier molecular flexibility index (Phi) is 8.45. The predicted molar refractivity (Wildman–Crippen MR) is 122 cm³/mol. The normalized spacial score (nSPS) is 15.4. The van der Waals surface area contributed by atoms with Gasteiger partial charge in [0, 0.05) is 18.2 Å². The third kappa shape index (κ3) is 6.55. The van der Waals surface area contributed by atoms with Gasteiger partial charge in [0.15, 0.2) is 5.76 Å². The Hall–Kier alpha value is -2.88. The second kappa shape index (κ2) is 11.5. The summed E-state index contributed by atoms with van der Waals surface area (Å²) in [6.45, 7) is 7.08. The van der Waals surface area contributed by atoms with Crippen LogP contribution in [0.5, 0.6) is 0 Å². The van der Waals surface area contributed by atoms with Crippen molar-refractivity contribution in [1.82, 2.24) is 15.4 Å². The number of aryl methyl sites for hydroxylation is 1. The highest BCUT2D eigenvalue weighted by molar-refractivity contribution is 5.67. The van der Waals surface area contributed by atoms with Gasteiger partial charge in [-0.3, -0.25) is 0 Å². The zero-order chi connectivity index (χ0) is 22.1. The molecule has 1 aliphatic rings. The van der Waals surface area contributed by atoms with Gasteiger partial charge in [0.2, 0.25) is 0 Å². The summed E-state index contributed by atoms with van der Waals surface area (Å²) in [5.41, 5.74) is 3.33. The van der Waals surface area contributed by atoms with Gasteiger partial charge in [-0.1, -0.05) is 29.9 Å². The number of piperidine rings is 1. The summed E-state index contributed by atoms with van der Waals surface area (Å²) in [4.78, 5) is 2.06. The Labute approximate surface area is 185 Å². The molecule has 6 heteroatoms. The lowest BCUT2D eigenvalue weighted by Crippen LogP contribution is -2.27. The average Bonchev–Trinajstić information content (AvgIpc) is 3.27. The molecule has 1 N–H and O–H groups in total. The van der Waals surface area contributed by atoms with E-state index in [0.717, 1.165) is 48.7 Å². The predicted octanol–water partition coefficient (Wildman–Crippen LogP) is 4.15. The Bertz CT molecular complexity index is 933. The van der Waals surface area contributed by atoms with Crippen molar-refractivity contribution in [1.29, 1.82) is 5.26 Å². The van der Waals surface area contributed by atoms with Crippen molar-refractivity contribution < 1.29 is 9.26 Å². The van der Waals surface area contributed by atoms with E-state index in [4.69, 9.17) is 9.26 Å². The maximum Gasteiger partial charge on any atom is 0.168 e.